The van der Waals surface area contributed by atoms with Gasteiger partial charge in [-0.05, 0) is 44.0 Å². The maximum absolute atomic E-state index is 9.52. The predicted molar refractivity (Wildman–Crippen MR) is 70.9 cm³/mol. The van der Waals surface area contributed by atoms with Gasteiger partial charge in [0, 0.05) is 12.3 Å². The lowest BCUT2D eigenvalue weighted by Crippen LogP contribution is -1.95. The minimum Gasteiger partial charge on any atom is -0.439 e. The summed E-state index contributed by atoms with van der Waals surface area (Å²) in [5, 5.41) is 9.52. The van der Waals surface area contributed by atoms with Crippen molar-refractivity contribution >= 4 is 0 Å². The summed E-state index contributed by atoms with van der Waals surface area (Å²) in [5.74, 6) is 1.29. The summed E-state index contributed by atoms with van der Waals surface area (Å²) in [5.41, 5.74) is 3.06. The molecule has 0 fully saturated rings. The highest BCUT2D eigenvalue weighted by Crippen LogP contribution is 2.25. The van der Waals surface area contributed by atoms with Gasteiger partial charge in [0.25, 0.3) is 0 Å². The third-order valence-corrected chi connectivity index (χ3v) is 2.79. The SMILES string of the molecule is Cc1ccc(Oc2cc(C(C)O)ccn2)c(C)c1. The van der Waals surface area contributed by atoms with Gasteiger partial charge in [0.15, 0.2) is 0 Å². The minimum absolute atomic E-state index is 0.500. The number of pyridine rings is 1. The van der Waals surface area contributed by atoms with Crippen LogP contribution in [0.1, 0.15) is 29.7 Å². The molecule has 1 unspecified atom stereocenters. The molecule has 3 nitrogen and oxygen atoms in total. The normalized spacial score (nSPS) is 12.2. The van der Waals surface area contributed by atoms with Gasteiger partial charge in [0.2, 0.25) is 5.88 Å². The molecule has 0 aliphatic rings. The molecule has 0 aliphatic carbocycles. The van der Waals surface area contributed by atoms with Crippen LogP contribution in [0.25, 0.3) is 0 Å². The third-order valence-electron chi connectivity index (χ3n) is 2.79. The molecule has 1 heterocycles. The second-order valence-corrected chi connectivity index (χ2v) is 4.47. The number of benzene rings is 1. The van der Waals surface area contributed by atoms with Crippen LogP contribution in [0, 0.1) is 13.8 Å². The molecule has 0 spiro atoms. The molecule has 0 amide bonds. The largest absolute Gasteiger partial charge is 0.439 e. The van der Waals surface area contributed by atoms with E-state index >= 15 is 0 Å². The lowest BCUT2D eigenvalue weighted by atomic mass is 10.1. The number of hydrogen-bond donors (Lipinski definition) is 1. The van der Waals surface area contributed by atoms with Gasteiger partial charge in [-0.1, -0.05) is 17.7 Å². The van der Waals surface area contributed by atoms with Crippen LogP contribution >= 0.6 is 0 Å². The zero-order chi connectivity index (χ0) is 13.1. The Kier molecular flexibility index (Phi) is 3.63. The quantitative estimate of drug-likeness (QED) is 0.896. The first kappa shape index (κ1) is 12.6. The molecule has 1 aromatic carbocycles. The molecule has 0 bridgehead atoms. The van der Waals surface area contributed by atoms with Gasteiger partial charge in [0.1, 0.15) is 5.75 Å². The lowest BCUT2D eigenvalue weighted by Gasteiger charge is -2.10. The van der Waals surface area contributed by atoms with Crippen molar-refractivity contribution in [2.24, 2.45) is 0 Å². The second-order valence-electron chi connectivity index (χ2n) is 4.47. The van der Waals surface area contributed by atoms with Crippen molar-refractivity contribution in [3.8, 4) is 11.6 Å². The molecule has 0 aliphatic heterocycles. The van der Waals surface area contributed by atoms with Crippen LogP contribution in [-0.2, 0) is 0 Å². The Morgan fingerprint density at radius 2 is 1.94 bits per heavy atom. The molecule has 94 valence electrons. The summed E-state index contributed by atoms with van der Waals surface area (Å²) in [4.78, 5) is 4.15. The molecule has 18 heavy (non-hydrogen) atoms. The van der Waals surface area contributed by atoms with E-state index in [4.69, 9.17) is 4.74 Å². The molecule has 0 radical (unpaired) electrons. The summed E-state index contributed by atoms with van der Waals surface area (Å²) >= 11 is 0. The zero-order valence-electron chi connectivity index (χ0n) is 10.8. The minimum atomic E-state index is -0.519. The fourth-order valence-electron chi connectivity index (χ4n) is 1.77. The van der Waals surface area contributed by atoms with Crippen LogP contribution in [0.15, 0.2) is 36.5 Å². The zero-order valence-corrected chi connectivity index (χ0v) is 10.8. The first-order valence-electron chi connectivity index (χ1n) is 5.95. The second kappa shape index (κ2) is 5.19. The number of aliphatic hydroxyl groups is 1. The predicted octanol–water partition coefficient (Wildman–Crippen LogP) is 3.54. The van der Waals surface area contributed by atoms with Crippen molar-refractivity contribution in [2.75, 3.05) is 0 Å². The van der Waals surface area contributed by atoms with Gasteiger partial charge in [-0.2, -0.15) is 0 Å². The van der Waals surface area contributed by atoms with Crippen LogP contribution in [-0.4, -0.2) is 10.1 Å². The number of nitrogens with zero attached hydrogens (tertiary/aromatic N) is 1. The summed E-state index contributed by atoms with van der Waals surface area (Å²) in [6, 6.07) is 9.53. The monoisotopic (exact) mass is 243 g/mol. The molecule has 2 rings (SSSR count). The van der Waals surface area contributed by atoms with E-state index in [1.807, 2.05) is 26.0 Å². The van der Waals surface area contributed by atoms with Crippen LogP contribution in [0.2, 0.25) is 0 Å². The first-order chi connectivity index (χ1) is 8.56. The van der Waals surface area contributed by atoms with Crippen LogP contribution in [0.4, 0.5) is 0 Å². The Bertz CT molecular complexity index is 550. The fraction of sp³-hybridized carbons (Fsp3) is 0.267. The van der Waals surface area contributed by atoms with E-state index in [0.29, 0.717) is 5.88 Å². The number of ether oxygens (including phenoxy) is 1. The number of rotatable bonds is 3. The molecule has 0 saturated heterocycles. The van der Waals surface area contributed by atoms with Crippen molar-refractivity contribution in [1.29, 1.82) is 0 Å². The van der Waals surface area contributed by atoms with Gasteiger partial charge in [-0.3, -0.25) is 0 Å². The summed E-state index contributed by atoms with van der Waals surface area (Å²) in [6.07, 6.45) is 1.12. The van der Waals surface area contributed by atoms with E-state index < -0.39 is 6.10 Å². The van der Waals surface area contributed by atoms with E-state index in [2.05, 4.69) is 11.1 Å². The molecule has 1 aromatic heterocycles. The van der Waals surface area contributed by atoms with E-state index in [0.717, 1.165) is 16.9 Å². The number of hydrogen-bond acceptors (Lipinski definition) is 3. The number of aromatic nitrogens is 1. The molecule has 0 saturated carbocycles. The number of aliphatic hydroxyl groups excluding tert-OH is 1. The van der Waals surface area contributed by atoms with Crippen molar-refractivity contribution < 1.29 is 9.84 Å². The molecular weight excluding hydrogens is 226 g/mol. The average Bonchev–Trinajstić information content (AvgIpc) is 2.33. The van der Waals surface area contributed by atoms with Crippen LogP contribution < -0.4 is 4.74 Å². The van der Waals surface area contributed by atoms with E-state index in [9.17, 15) is 5.11 Å². The lowest BCUT2D eigenvalue weighted by molar-refractivity contribution is 0.198. The van der Waals surface area contributed by atoms with Gasteiger partial charge >= 0.3 is 0 Å². The van der Waals surface area contributed by atoms with Crippen molar-refractivity contribution in [3.63, 3.8) is 0 Å². The molecular formula is C15H17NO2. The molecule has 3 heteroatoms. The van der Waals surface area contributed by atoms with Crippen LogP contribution in [0.3, 0.4) is 0 Å². The summed E-state index contributed by atoms with van der Waals surface area (Å²) in [6.45, 7) is 5.76. The van der Waals surface area contributed by atoms with Gasteiger partial charge in [0.05, 0.1) is 6.10 Å². The Hall–Kier alpha value is -1.87. The van der Waals surface area contributed by atoms with Crippen molar-refractivity contribution in [1.82, 2.24) is 4.98 Å². The highest BCUT2D eigenvalue weighted by Gasteiger charge is 2.06. The molecule has 2 aromatic rings. The van der Waals surface area contributed by atoms with Gasteiger partial charge in [-0.15, -0.1) is 0 Å². The Labute approximate surface area is 107 Å². The molecule has 1 N–H and O–H groups in total. The van der Waals surface area contributed by atoms with Crippen molar-refractivity contribution in [3.05, 3.63) is 53.2 Å². The van der Waals surface area contributed by atoms with E-state index in [1.54, 1.807) is 25.3 Å². The fourth-order valence-corrected chi connectivity index (χ4v) is 1.77. The smallest absolute Gasteiger partial charge is 0.219 e. The maximum Gasteiger partial charge on any atom is 0.219 e. The topological polar surface area (TPSA) is 42.4 Å². The van der Waals surface area contributed by atoms with Crippen LogP contribution in [0.5, 0.6) is 11.6 Å². The maximum atomic E-state index is 9.52. The number of aryl methyl sites for hydroxylation is 2. The highest BCUT2D eigenvalue weighted by atomic mass is 16.5. The standard InChI is InChI=1S/C15H17NO2/c1-10-4-5-14(11(2)8-10)18-15-9-13(12(3)17)6-7-16-15/h4-9,12,17H,1-3H3. The average molecular weight is 243 g/mol. The van der Waals surface area contributed by atoms with Crippen molar-refractivity contribution in [2.45, 2.75) is 26.9 Å². The summed E-state index contributed by atoms with van der Waals surface area (Å²) in [7, 11) is 0. The van der Waals surface area contributed by atoms with Gasteiger partial charge < -0.3 is 9.84 Å². The summed E-state index contributed by atoms with van der Waals surface area (Å²) < 4.78 is 5.73. The Morgan fingerprint density at radius 3 is 2.61 bits per heavy atom. The van der Waals surface area contributed by atoms with E-state index in [-0.39, 0.29) is 0 Å². The highest BCUT2D eigenvalue weighted by molar-refractivity contribution is 5.38. The van der Waals surface area contributed by atoms with Gasteiger partial charge in [-0.25, -0.2) is 4.98 Å². The Morgan fingerprint density at radius 1 is 1.17 bits per heavy atom. The Balaban J connectivity index is 2.25. The van der Waals surface area contributed by atoms with E-state index in [1.165, 1.54) is 5.56 Å². The molecule has 1 atom stereocenters. The third kappa shape index (κ3) is 2.87. The first-order valence-corrected chi connectivity index (χ1v) is 5.95.